The average Bonchev–Trinajstić information content (AvgIpc) is 3.01. The number of hydrogen-bond donors (Lipinski definition) is 1. The van der Waals surface area contributed by atoms with Crippen molar-refractivity contribution in [2.45, 2.75) is 0 Å². The second-order valence-electron chi connectivity index (χ2n) is 4.87. The minimum absolute atomic E-state index is 0.227. The van der Waals surface area contributed by atoms with Crippen LogP contribution in [0.15, 0.2) is 18.3 Å². The Hall–Kier alpha value is -2.44. The zero-order valence-corrected chi connectivity index (χ0v) is 10.8. The first kappa shape index (κ1) is 12.6. The van der Waals surface area contributed by atoms with Crippen LogP contribution in [-0.2, 0) is 9.59 Å². The van der Waals surface area contributed by atoms with Crippen LogP contribution in [0.25, 0.3) is 0 Å². The molecule has 0 saturated carbocycles. The molecule has 20 heavy (non-hydrogen) atoms. The maximum absolute atomic E-state index is 12.3. The van der Waals surface area contributed by atoms with E-state index in [0.29, 0.717) is 11.4 Å². The molecule has 2 fully saturated rings. The highest BCUT2D eigenvalue weighted by Crippen LogP contribution is 2.29. The molecule has 0 unspecified atom stereocenters. The Balaban J connectivity index is 1.75. The van der Waals surface area contributed by atoms with E-state index >= 15 is 0 Å². The van der Waals surface area contributed by atoms with E-state index in [2.05, 4.69) is 10.3 Å². The Morgan fingerprint density at radius 2 is 1.95 bits per heavy atom. The molecule has 2 aliphatic rings. The SMILES string of the molecule is COc1ccc(C(=O)N2C[C@@H]3C(=O)NC(=O)[C@@H]3C2)cn1. The second kappa shape index (κ2) is 4.59. The van der Waals surface area contributed by atoms with E-state index in [1.165, 1.54) is 18.2 Å². The Bertz CT molecular complexity index is 562. The summed E-state index contributed by atoms with van der Waals surface area (Å²) in [5, 5.41) is 2.29. The number of hydrogen-bond acceptors (Lipinski definition) is 5. The molecular formula is C13H13N3O4. The molecule has 3 rings (SSSR count). The molecule has 0 aliphatic carbocycles. The maximum atomic E-state index is 12.3. The van der Waals surface area contributed by atoms with Gasteiger partial charge in [-0.2, -0.15) is 0 Å². The van der Waals surface area contributed by atoms with E-state index in [0.717, 1.165) is 0 Å². The molecular weight excluding hydrogens is 262 g/mol. The first-order chi connectivity index (χ1) is 9.60. The summed E-state index contributed by atoms with van der Waals surface area (Å²) < 4.78 is 4.93. The number of nitrogens with one attached hydrogen (secondary N) is 1. The number of carbonyl (C=O) groups excluding carboxylic acids is 3. The van der Waals surface area contributed by atoms with Crippen molar-refractivity contribution in [3.05, 3.63) is 23.9 Å². The van der Waals surface area contributed by atoms with Gasteiger partial charge in [0.15, 0.2) is 0 Å². The lowest BCUT2D eigenvalue weighted by molar-refractivity contribution is -0.126. The number of fused-ring (bicyclic) bond motifs is 1. The van der Waals surface area contributed by atoms with Crippen LogP contribution >= 0.6 is 0 Å². The molecule has 7 nitrogen and oxygen atoms in total. The average molecular weight is 275 g/mol. The summed E-state index contributed by atoms with van der Waals surface area (Å²) in [7, 11) is 1.50. The van der Waals surface area contributed by atoms with Crippen LogP contribution in [0.2, 0.25) is 0 Å². The highest BCUT2D eigenvalue weighted by Gasteiger charge is 2.48. The van der Waals surface area contributed by atoms with Crippen LogP contribution in [0.3, 0.4) is 0 Å². The fourth-order valence-electron chi connectivity index (χ4n) is 2.62. The molecule has 1 aromatic heterocycles. The fraction of sp³-hybridized carbons (Fsp3) is 0.385. The van der Waals surface area contributed by atoms with Gasteiger partial charge in [0, 0.05) is 25.4 Å². The second-order valence-corrected chi connectivity index (χ2v) is 4.87. The Labute approximate surface area is 114 Å². The van der Waals surface area contributed by atoms with E-state index in [-0.39, 0.29) is 30.8 Å². The van der Waals surface area contributed by atoms with E-state index in [1.807, 2.05) is 0 Å². The van der Waals surface area contributed by atoms with Crippen molar-refractivity contribution in [3.63, 3.8) is 0 Å². The van der Waals surface area contributed by atoms with Gasteiger partial charge in [-0.15, -0.1) is 0 Å². The maximum Gasteiger partial charge on any atom is 0.255 e. The van der Waals surface area contributed by atoms with Crippen LogP contribution in [-0.4, -0.2) is 47.8 Å². The Kier molecular flexibility index (Phi) is 2.89. The third-order valence-electron chi connectivity index (χ3n) is 3.72. The highest BCUT2D eigenvalue weighted by atomic mass is 16.5. The third kappa shape index (κ3) is 1.91. The van der Waals surface area contributed by atoms with E-state index in [1.54, 1.807) is 12.1 Å². The quantitative estimate of drug-likeness (QED) is 0.730. The number of aromatic nitrogens is 1. The molecule has 2 aliphatic heterocycles. The fourth-order valence-corrected chi connectivity index (χ4v) is 2.62. The predicted molar refractivity (Wildman–Crippen MR) is 66.8 cm³/mol. The van der Waals surface area contributed by atoms with Crippen molar-refractivity contribution in [1.29, 1.82) is 0 Å². The zero-order chi connectivity index (χ0) is 14.3. The van der Waals surface area contributed by atoms with E-state index < -0.39 is 11.8 Å². The molecule has 2 atom stereocenters. The molecule has 2 saturated heterocycles. The van der Waals surface area contributed by atoms with Crippen molar-refractivity contribution >= 4 is 17.7 Å². The third-order valence-corrected chi connectivity index (χ3v) is 3.72. The van der Waals surface area contributed by atoms with Crippen molar-refractivity contribution in [1.82, 2.24) is 15.2 Å². The topological polar surface area (TPSA) is 88.6 Å². The van der Waals surface area contributed by atoms with Gasteiger partial charge in [-0.05, 0) is 6.07 Å². The van der Waals surface area contributed by atoms with Gasteiger partial charge in [0.1, 0.15) is 0 Å². The summed E-state index contributed by atoms with van der Waals surface area (Å²) in [5.41, 5.74) is 0.415. The van der Waals surface area contributed by atoms with Gasteiger partial charge in [-0.25, -0.2) is 4.98 Å². The van der Waals surface area contributed by atoms with Gasteiger partial charge in [-0.1, -0.05) is 0 Å². The number of likely N-dealkylation sites (tertiary alicyclic amines) is 1. The first-order valence-corrected chi connectivity index (χ1v) is 6.24. The van der Waals surface area contributed by atoms with Crippen molar-refractivity contribution in [3.8, 4) is 5.88 Å². The van der Waals surface area contributed by atoms with Gasteiger partial charge in [0.25, 0.3) is 5.91 Å². The Morgan fingerprint density at radius 1 is 1.30 bits per heavy atom. The van der Waals surface area contributed by atoms with Crippen LogP contribution < -0.4 is 10.1 Å². The van der Waals surface area contributed by atoms with Gasteiger partial charge < -0.3 is 9.64 Å². The van der Waals surface area contributed by atoms with Crippen molar-refractivity contribution in [2.24, 2.45) is 11.8 Å². The molecule has 1 aromatic rings. The number of pyridine rings is 1. The molecule has 1 N–H and O–H groups in total. The minimum Gasteiger partial charge on any atom is -0.481 e. The van der Waals surface area contributed by atoms with Crippen molar-refractivity contribution < 1.29 is 19.1 Å². The largest absolute Gasteiger partial charge is 0.481 e. The lowest BCUT2D eigenvalue weighted by atomic mass is 10.00. The van der Waals surface area contributed by atoms with Crippen LogP contribution in [0.4, 0.5) is 0 Å². The first-order valence-electron chi connectivity index (χ1n) is 6.24. The molecule has 7 heteroatoms. The molecule has 0 bridgehead atoms. The van der Waals surface area contributed by atoms with E-state index in [4.69, 9.17) is 4.74 Å². The molecule has 0 aromatic carbocycles. The van der Waals surface area contributed by atoms with Crippen LogP contribution in [0.1, 0.15) is 10.4 Å². The number of imide groups is 1. The number of ether oxygens (including phenoxy) is 1. The van der Waals surface area contributed by atoms with Crippen LogP contribution in [0.5, 0.6) is 5.88 Å². The normalized spacial score (nSPS) is 24.6. The predicted octanol–water partition coefficient (Wildman–Crippen LogP) is -0.565. The minimum atomic E-state index is -0.419. The molecule has 0 radical (unpaired) electrons. The van der Waals surface area contributed by atoms with Gasteiger partial charge in [-0.3, -0.25) is 19.7 Å². The molecule has 0 spiro atoms. The van der Waals surface area contributed by atoms with Gasteiger partial charge >= 0.3 is 0 Å². The van der Waals surface area contributed by atoms with Gasteiger partial charge in [0.2, 0.25) is 17.7 Å². The zero-order valence-electron chi connectivity index (χ0n) is 10.8. The number of amides is 3. The standard InChI is InChI=1S/C13H13N3O4/c1-20-10-3-2-7(4-14-10)13(19)16-5-8-9(6-16)12(18)15-11(8)17/h2-4,8-9H,5-6H2,1H3,(H,15,17,18)/t8-,9+. The number of nitrogens with zero attached hydrogens (tertiary/aromatic N) is 2. The lowest BCUT2D eigenvalue weighted by Crippen LogP contribution is -2.35. The monoisotopic (exact) mass is 275 g/mol. The summed E-state index contributed by atoms with van der Waals surface area (Å²) in [4.78, 5) is 40.9. The molecule has 3 heterocycles. The summed E-state index contributed by atoms with van der Waals surface area (Å²) in [6, 6.07) is 3.21. The molecule has 104 valence electrons. The summed E-state index contributed by atoms with van der Waals surface area (Å²) >= 11 is 0. The number of rotatable bonds is 2. The van der Waals surface area contributed by atoms with Crippen molar-refractivity contribution in [2.75, 3.05) is 20.2 Å². The van der Waals surface area contributed by atoms with E-state index in [9.17, 15) is 14.4 Å². The summed E-state index contributed by atoms with van der Waals surface area (Å²) in [5.74, 6) is -1.22. The Morgan fingerprint density at radius 3 is 2.45 bits per heavy atom. The number of methoxy groups -OCH3 is 1. The highest BCUT2D eigenvalue weighted by molar-refractivity contribution is 6.06. The summed E-state index contributed by atoms with van der Waals surface area (Å²) in [6.07, 6.45) is 1.43. The van der Waals surface area contributed by atoms with Gasteiger partial charge in [0.05, 0.1) is 24.5 Å². The summed E-state index contributed by atoms with van der Waals surface area (Å²) in [6.45, 7) is 0.542. The lowest BCUT2D eigenvalue weighted by Gasteiger charge is -2.16. The van der Waals surface area contributed by atoms with Crippen LogP contribution in [0, 0.1) is 11.8 Å². The smallest absolute Gasteiger partial charge is 0.255 e. The number of carbonyl (C=O) groups is 3. The molecule has 3 amide bonds.